The number of hydrogen-bond acceptors (Lipinski definition) is 4. The SMILES string of the molecule is CC(NC(=O)c1ccn(C2CCCNC2)n1)c1ccc(Oc2ccccc2)cc1. The fourth-order valence-corrected chi connectivity index (χ4v) is 3.52. The van der Waals surface area contributed by atoms with Crippen molar-refractivity contribution >= 4 is 5.91 Å². The summed E-state index contributed by atoms with van der Waals surface area (Å²) < 4.78 is 7.72. The molecule has 29 heavy (non-hydrogen) atoms. The summed E-state index contributed by atoms with van der Waals surface area (Å²) in [5, 5.41) is 10.9. The van der Waals surface area contributed by atoms with E-state index in [1.54, 1.807) is 6.07 Å². The highest BCUT2D eigenvalue weighted by Gasteiger charge is 2.19. The second-order valence-electron chi connectivity index (χ2n) is 7.36. The van der Waals surface area contributed by atoms with E-state index in [0.717, 1.165) is 43.0 Å². The molecule has 4 rings (SSSR count). The number of para-hydroxylation sites is 1. The zero-order valence-corrected chi connectivity index (χ0v) is 16.5. The van der Waals surface area contributed by atoms with Crippen molar-refractivity contribution in [1.82, 2.24) is 20.4 Å². The average molecular weight is 390 g/mol. The molecule has 0 bridgehead atoms. The molecule has 150 valence electrons. The molecule has 1 amide bonds. The fraction of sp³-hybridized carbons (Fsp3) is 0.304. The monoisotopic (exact) mass is 390 g/mol. The van der Waals surface area contributed by atoms with E-state index in [2.05, 4.69) is 15.7 Å². The second-order valence-corrected chi connectivity index (χ2v) is 7.36. The summed E-state index contributed by atoms with van der Waals surface area (Å²) in [6.07, 6.45) is 4.11. The molecule has 2 aromatic carbocycles. The molecule has 3 aromatic rings. The van der Waals surface area contributed by atoms with Crippen molar-refractivity contribution < 1.29 is 9.53 Å². The minimum Gasteiger partial charge on any atom is -0.457 e. The summed E-state index contributed by atoms with van der Waals surface area (Å²) in [7, 11) is 0. The van der Waals surface area contributed by atoms with Gasteiger partial charge in [-0.3, -0.25) is 9.48 Å². The van der Waals surface area contributed by atoms with Crippen LogP contribution >= 0.6 is 0 Å². The van der Waals surface area contributed by atoms with Crippen molar-refractivity contribution in [3.63, 3.8) is 0 Å². The average Bonchev–Trinajstić information content (AvgIpc) is 3.26. The molecule has 1 fully saturated rings. The van der Waals surface area contributed by atoms with Gasteiger partial charge in [0.25, 0.3) is 5.91 Å². The molecule has 0 aliphatic carbocycles. The lowest BCUT2D eigenvalue weighted by atomic mass is 10.1. The number of piperidine rings is 1. The van der Waals surface area contributed by atoms with Gasteiger partial charge < -0.3 is 15.4 Å². The quantitative estimate of drug-likeness (QED) is 0.665. The van der Waals surface area contributed by atoms with E-state index in [9.17, 15) is 4.79 Å². The molecule has 2 unspecified atom stereocenters. The number of carbonyl (C=O) groups excluding carboxylic acids is 1. The molecule has 0 saturated carbocycles. The first-order valence-corrected chi connectivity index (χ1v) is 10.1. The standard InChI is InChI=1S/C23H26N4O2/c1-17(18-9-11-21(12-10-18)29-20-7-3-2-4-8-20)25-23(28)22-13-15-27(26-22)19-6-5-14-24-16-19/h2-4,7-13,15,17,19,24H,5-6,14,16H2,1H3,(H,25,28). The van der Waals surface area contributed by atoms with Crippen LogP contribution in [-0.2, 0) is 0 Å². The minimum absolute atomic E-state index is 0.130. The van der Waals surface area contributed by atoms with Crippen LogP contribution in [-0.4, -0.2) is 28.8 Å². The van der Waals surface area contributed by atoms with Gasteiger partial charge in [0.15, 0.2) is 0 Å². The molecule has 2 atom stereocenters. The maximum Gasteiger partial charge on any atom is 0.272 e. The van der Waals surface area contributed by atoms with Gasteiger partial charge in [0.05, 0.1) is 12.1 Å². The number of ether oxygens (including phenoxy) is 1. The number of carbonyl (C=O) groups is 1. The number of benzene rings is 2. The normalized spacial score (nSPS) is 17.5. The van der Waals surface area contributed by atoms with Crippen molar-refractivity contribution in [3.05, 3.63) is 78.1 Å². The first kappa shape index (κ1) is 19.2. The lowest BCUT2D eigenvalue weighted by molar-refractivity contribution is 0.0933. The molecule has 0 radical (unpaired) electrons. The third-order valence-electron chi connectivity index (χ3n) is 5.19. The second kappa shape index (κ2) is 8.92. The third kappa shape index (κ3) is 4.84. The molecule has 6 heteroatoms. The Labute approximate surface area is 170 Å². The first-order chi connectivity index (χ1) is 14.2. The predicted octanol–water partition coefficient (Wildman–Crippen LogP) is 4.09. The van der Waals surface area contributed by atoms with Crippen LogP contribution in [0.3, 0.4) is 0 Å². The van der Waals surface area contributed by atoms with Crippen LogP contribution in [0.25, 0.3) is 0 Å². The molecule has 0 spiro atoms. The van der Waals surface area contributed by atoms with Gasteiger partial charge in [-0.25, -0.2) is 0 Å². The van der Waals surface area contributed by atoms with E-state index < -0.39 is 0 Å². The molecule has 1 aliphatic heterocycles. The molecular formula is C23H26N4O2. The van der Waals surface area contributed by atoms with E-state index in [-0.39, 0.29) is 11.9 Å². The lowest BCUT2D eigenvalue weighted by Gasteiger charge is -2.22. The summed E-state index contributed by atoms with van der Waals surface area (Å²) in [5.74, 6) is 1.40. The third-order valence-corrected chi connectivity index (χ3v) is 5.19. The number of nitrogens with one attached hydrogen (secondary N) is 2. The maximum absolute atomic E-state index is 12.6. The van der Waals surface area contributed by atoms with E-state index in [1.807, 2.05) is 72.4 Å². The molecule has 1 aromatic heterocycles. The number of rotatable bonds is 6. The number of aromatic nitrogens is 2. The zero-order valence-electron chi connectivity index (χ0n) is 16.5. The maximum atomic E-state index is 12.6. The summed E-state index contributed by atoms with van der Waals surface area (Å²) >= 11 is 0. The summed E-state index contributed by atoms with van der Waals surface area (Å²) in [6.45, 7) is 3.92. The fourth-order valence-electron chi connectivity index (χ4n) is 3.52. The van der Waals surface area contributed by atoms with Crippen molar-refractivity contribution in [2.24, 2.45) is 0 Å². The minimum atomic E-state index is -0.162. The van der Waals surface area contributed by atoms with Crippen molar-refractivity contribution in [2.45, 2.75) is 31.8 Å². The molecule has 2 N–H and O–H groups in total. The van der Waals surface area contributed by atoms with Crippen LogP contribution in [0.5, 0.6) is 11.5 Å². The van der Waals surface area contributed by atoms with Gasteiger partial charge in [-0.1, -0.05) is 30.3 Å². The summed E-state index contributed by atoms with van der Waals surface area (Å²) in [6, 6.07) is 19.4. The smallest absolute Gasteiger partial charge is 0.272 e. The largest absolute Gasteiger partial charge is 0.457 e. The van der Waals surface area contributed by atoms with Crippen LogP contribution in [0, 0.1) is 0 Å². The van der Waals surface area contributed by atoms with Crippen molar-refractivity contribution in [3.8, 4) is 11.5 Å². The van der Waals surface area contributed by atoms with Crippen LogP contribution in [0.1, 0.15) is 47.9 Å². The number of amides is 1. The van der Waals surface area contributed by atoms with Crippen LogP contribution < -0.4 is 15.4 Å². The Kier molecular flexibility index (Phi) is 5.91. The van der Waals surface area contributed by atoms with Gasteiger partial charge in [-0.05, 0) is 62.2 Å². The van der Waals surface area contributed by atoms with E-state index in [0.29, 0.717) is 11.7 Å². The van der Waals surface area contributed by atoms with Crippen LogP contribution in [0.2, 0.25) is 0 Å². The first-order valence-electron chi connectivity index (χ1n) is 10.1. The van der Waals surface area contributed by atoms with Crippen molar-refractivity contribution in [2.75, 3.05) is 13.1 Å². The molecule has 2 heterocycles. The summed E-state index contributed by atoms with van der Waals surface area (Å²) in [5.41, 5.74) is 1.46. The Balaban J connectivity index is 1.35. The van der Waals surface area contributed by atoms with E-state index >= 15 is 0 Å². The Hall–Kier alpha value is -3.12. The lowest BCUT2D eigenvalue weighted by Crippen LogP contribution is -2.32. The molecule has 1 saturated heterocycles. The van der Waals surface area contributed by atoms with Gasteiger partial charge >= 0.3 is 0 Å². The Morgan fingerprint density at radius 1 is 1.14 bits per heavy atom. The number of nitrogens with zero attached hydrogens (tertiary/aromatic N) is 2. The molecule has 1 aliphatic rings. The zero-order chi connectivity index (χ0) is 20.1. The van der Waals surface area contributed by atoms with Gasteiger partial charge in [0, 0.05) is 12.7 Å². The Morgan fingerprint density at radius 3 is 2.62 bits per heavy atom. The highest BCUT2D eigenvalue weighted by Crippen LogP contribution is 2.23. The van der Waals surface area contributed by atoms with Gasteiger partial charge in [-0.15, -0.1) is 0 Å². The molecular weight excluding hydrogens is 364 g/mol. The van der Waals surface area contributed by atoms with Crippen LogP contribution in [0.15, 0.2) is 66.9 Å². The highest BCUT2D eigenvalue weighted by atomic mass is 16.5. The van der Waals surface area contributed by atoms with Gasteiger partial charge in [-0.2, -0.15) is 5.10 Å². The van der Waals surface area contributed by atoms with E-state index in [1.165, 1.54) is 0 Å². The van der Waals surface area contributed by atoms with Crippen molar-refractivity contribution in [1.29, 1.82) is 0 Å². The number of hydrogen-bond donors (Lipinski definition) is 2. The Morgan fingerprint density at radius 2 is 1.90 bits per heavy atom. The topological polar surface area (TPSA) is 68.2 Å². The predicted molar refractivity (Wildman–Crippen MR) is 112 cm³/mol. The van der Waals surface area contributed by atoms with Gasteiger partial charge in [0.2, 0.25) is 0 Å². The Bertz CT molecular complexity index is 931. The highest BCUT2D eigenvalue weighted by molar-refractivity contribution is 5.92. The van der Waals surface area contributed by atoms with Crippen LogP contribution in [0.4, 0.5) is 0 Å². The van der Waals surface area contributed by atoms with E-state index in [4.69, 9.17) is 4.74 Å². The molecule has 6 nitrogen and oxygen atoms in total. The van der Waals surface area contributed by atoms with Gasteiger partial charge in [0.1, 0.15) is 17.2 Å². The summed E-state index contributed by atoms with van der Waals surface area (Å²) in [4.78, 5) is 12.6.